The van der Waals surface area contributed by atoms with Crippen molar-refractivity contribution in [2.75, 3.05) is 26.2 Å². The molecule has 1 amide bonds. The fourth-order valence-corrected chi connectivity index (χ4v) is 4.50. The van der Waals surface area contributed by atoms with Crippen LogP contribution in [0.3, 0.4) is 0 Å². The van der Waals surface area contributed by atoms with E-state index >= 15 is 0 Å². The van der Waals surface area contributed by atoms with Gasteiger partial charge in [0.05, 0.1) is 5.92 Å². The van der Waals surface area contributed by atoms with Crippen molar-refractivity contribution in [3.05, 3.63) is 78.1 Å². The predicted octanol–water partition coefficient (Wildman–Crippen LogP) is 4.01. The van der Waals surface area contributed by atoms with Crippen molar-refractivity contribution < 1.29 is 4.79 Å². The molecule has 3 heterocycles. The molecule has 172 valence electrons. The van der Waals surface area contributed by atoms with Crippen molar-refractivity contribution in [1.82, 2.24) is 24.8 Å². The summed E-state index contributed by atoms with van der Waals surface area (Å²) >= 11 is 0. The number of rotatable bonds is 8. The lowest BCUT2D eigenvalue weighted by atomic mass is 9.95. The topological polar surface area (TPSA) is 62.2 Å². The normalized spacial score (nSPS) is 17.2. The average Bonchev–Trinajstić information content (AvgIpc) is 2.99. The number of benzene rings is 1. The summed E-state index contributed by atoms with van der Waals surface area (Å²) < 4.78 is 0. The van der Waals surface area contributed by atoms with Crippen LogP contribution in [0.4, 0.5) is 0 Å². The third kappa shape index (κ3) is 6.02. The molecular formula is C27H33N5O. The van der Waals surface area contributed by atoms with Crippen molar-refractivity contribution in [3.63, 3.8) is 0 Å². The van der Waals surface area contributed by atoms with E-state index in [4.69, 9.17) is 0 Å². The third-order valence-electron chi connectivity index (χ3n) is 6.20. The van der Waals surface area contributed by atoms with E-state index in [0.717, 1.165) is 74.5 Å². The van der Waals surface area contributed by atoms with Crippen molar-refractivity contribution >= 4 is 5.91 Å². The Morgan fingerprint density at radius 2 is 1.79 bits per heavy atom. The Labute approximate surface area is 196 Å². The lowest BCUT2D eigenvalue weighted by Gasteiger charge is -2.24. The first kappa shape index (κ1) is 23.1. The molecular weight excluding hydrogens is 410 g/mol. The van der Waals surface area contributed by atoms with Gasteiger partial charge in [0.2, 0.25) is 5.91 Å². The van der Waals surface area contributed by atoms with Gasteiger partial charge in [0.15, 0.2) is 0 Å². The molecule has 0 N–H and O–H groups in total. The molecule has 0 radical (unpaired) electrons. The van der Waals surface area contributed by atoms with E-state index < -0.39 is 0 Å². The third-order valence-corrected chi connectivity index (χ3v) is 6.20. The largest absolute Gasteiger partial charge is 0.341 e. The fraction of sp³-hybridized carbons (Fsp3) is 0.407. The van der Waals surface area contributed by atoms with Crippen LogP contribution in [-0.4, -0.2) is 56.8 Å². The Morgan fingerprint density at radius 3 is 2.52 bits per heavy atom. The second-order valence-electron chi connectivity index (χ2n) is 8.76. The van der Waals surface area contributed by atoms with E-state index in [1.807, 2.05) is 29.6 Å². The second-order valence-corrected chi connectivity index (χ2v) is 8.76. The van der Waals surface area contributed by atoms with E-state index in [1.54, 1.807) is 6.20 Å². The molecule has 0 bridgehead atoms. The van der Waals surface area contributed by atoms with Crippen molar-refractivity contribution in [1.29, 1.82) is 0 Å². The summed E-state index contributed by atoms with van der Waals surface area (Å²) in [6.07, 6.45) is 10.1. The number of carbonyl (C=O) groups excluding carboxylic acids is 1. The molecule has 0 spiro atoms. The summed E-state index contributed by atoms with van der Waals surface area (Å²) in [5, 5.41) is 0. The number of amides is 1. The van der Waals surface area contributed by atoms with Crippen LogP contribution < -0.4 is 0 Å². The van der Waals surface area contributed by atoms with Crippen LogP contribution in [0.1, 0.15) is 37.2 Å². The van der Waals surface area contributed by atoms with Gasteiger partial charge in [-0.05, 0) is 35.6 Å². The smallest absolute Gasteiger partial charge is 0.227 e. The molecule has 6 heteroatoms. The molecule has 0 aliphatic carbocycles. The van der Waals surface area contributed by atoms with Gasteiger partial charge in [-0.15, -0.1) is 0 Å². The van der Waals surface area contributed by atoms with Crippen LogP contribution in [0.25, 0.3) is 11.1 Å². The van der Waals surface area contributed by atoms with Gasteiger partial charge in [-0.3, -0.25) is 14.7 Å². The summed E-state index contributed by atoms with van der Waals surface area (Å²) in [6, 6.07) is 12.5. The second kappa shape index (κ2) is 11.1. The Morgan fingerprint density at radius 1 is 0.970 bits per heavy atom. The van der Waals surface area contributed by atoms with Gasteiger partial charge in [0.1, 0.15) is 5.82 Å². The fourth-order valence-electron chi connectivity index (χ4n) is 4.50. The maximum atomic E-state index is 13.4. The molecule has 4 rings (SSSR count). The highest BCUT2D eigenvalue weighted by Crippen LogP contribution is 2.23. The number of nitrogens with zero attached hydrogens (tertiary/aromatic N) is 5. The SMILES string of the molecule is CCCN1CCN(Cc2cnc(CC)nc2)C[C@@H](Cc2cccc(-c3cccnc3)c2)C1=O. The Bertz CT molecular complexity index is 1040. The summed E-state index contributed by atoms with van der Waals surface area (Å²) in [5.74, 6) is 1.06. The van der Waals surface area contributed by atoms with Crippen molar-refractivity contribution in [2.24, 2.45) is 5.92 Å². The molecule has 1 fully saturated rings. The first-order valence-electron chi connectivity index (χ1n) is 12.0. The number of aryl methyl sites for hydroxylation is 1. The summed E-state index contributed by atoms with van der Waals surface area (Å²) in [7, 11) is 0. The first-order chi connectivity index (χ1) is 16.2. The highest BCUT2D eigenvalue weighted by atomic mass is 16.2. The van der Waals surface area contributed by atoms with Gasteiger partial charge in [-0.1, -0.05) is 44.2 Å². The highest BCUT2D eigenvalue weighted by molar-refractivity contribution is 5.80. The zero-order valence-corrected chi connectivity index (χ0v) is 19.7. The molecule has 3 aromatic rings. The van der Waals surface area contributed by atoms with Crippen LogP contribution >= 0.6 is 0 Å². The summed E-state index contributed by atoms with van der Waals surface area (Å²) in [6.45, 7) is 8.16. The number of hydrogen-bond acceptors (Lipinski definition) is 5. The van der Waals surface area contributed by atoms with Crippen LogP contribution in [-0.2, 0) is 24.2 Å². The van der Waals surface area contributed by atoms with Crippen LogP contribution in [0.2, 0.25) is 0 Å². The van der Waals surface area contributed by atoms with Gasteiger partial charge in [0, 0.05) is 69.5 Å². The van der Waals surface area contributed by atoms with Gasteiger partial charge < -0.3 is 4.90 Å². The molecule has 33 heavy (non-hydrogen) atoms. The molecule has 0 saturated carbocycles. The molecule has 1 aliphatic heterocycles. The Hall–Kier alpha value is -3.12. The molecule has 0 unspecified atom stereocenters. The van der Waals surface area contributed by atoms with E-state index in [1.165, 1.54) is 5.56 Å². The molecule has 1 atom stereocenters. The molecule has 1 aromatic carbocycles. The van der Waals surface area contributed by atoms with Gasteiger partial charge >= 0.3 is 0 Å². The quantitative estimate of drug-likeness (QED) is 0.526. The summed E-state index contributed by atoms with van der Waals surface area (Å²) in [4.78, 5) is 31.0. The number of aromatic nitrogens is 3. The van der Waals surface area contributed by atoms with Crippen LogP contribution in [0, 0.1) is 5.92 Å². The maximum absolute atomic E-state index is 13.4. The molecule has 1 aliphatic rings. The van der Waals surface area contributed by atoms with E-state index in [-0.39, 0.29) is 11.8 Å². The van der Waals surface area contributed by atoms with E-state index in [9.17, 15) is 4.79 Å². The minimum atomic E-state index is -0.0703. The lowest BCUT2D eigenvalue weighted by molar-refractivity contribution is -0.134. The molecule has 1 saturated heterocycles. The highest BCUT2D eigenvalue weighted by Gasteiger charge is 2.30. The van der Waals surface area contributed by atoms with E-state index in [2.05, 4.69) is 64.0 Å². The van der Waals surface area contributed by atoms with Crippen molar-refractivity contribution in [2.45, 2.75) is 39.7 Å². The average molecular weight is 444 g/mol. The number of hydrogen-bond donors (Lipinski definition) is 0. The van der Waals surface area contributed by atoms with Gasteiger partial charge in [-0.2, -0.15) is 0 Å². The minimum absolute atomic E-state index is 0.0703. The number of carbonyl (C=O) groups is 1. The Balaban J connectivity index is 1.52. The predicted molar refractivity (Wildman–Crippen MR) is 130 cm³/mol. The lowest BCUT2D eigenvalue weighted by Crippen LogP contribution is -2.37. The van der Waals surface area contributed by atoms with E-state index in [0.29, 0.717) is 0 Å². The minimum Gasteiger partial charge on any atom is -0.341 e. The molecule has 6 nitrogen and oxygen atoms in total. The zero-order chi connectivity index (χ0) is 23.0. The molecule has 2 aromatic heterocycles. The zero-order valence-electron chi connectivity index (χ0n) is 19.7. The van der Waals surface area contributed by atoms with Crippen LogP contribution in [0.15, 0.2) is 61.2 Å². The van der Waals surface area contributed by atoms with Crippen LogP contribution in [0.5, 0.6) is 0 Å². The Kier molecular flexibility index (Phi) is 7.79. The van der Waals surface area contributed by atoms with Crippen molar-refractivity contribution in [3.8, 4) is 11.1 Å². The standard InChI is InChI=1S/C27H33N5O/c1-3-11-32-13-12-31(19-22-16-29-26(4-2)30-17-22)20-25(27(32)33)15-21-7-5-8-23(14-21)24-9-6-10-28-18-24/h5-10,14,16-18,25H,3-4,11-13,15,19-20H2,1-2H3/t25-/m1/s1. The van der Waals surface area contributed by atoms with Gasteiger partial charge in [-0.25, -0.2) is 9.97 Å². The maximum Gasteiger partial charge on any atom is 0.227 e. The summed E-state index contributed by atoms with van der Waals surface area (Å²) in [5.41, 5.74) is 4.51. The van der Waals surface area contributed by atoms with Gasteiger partial charge in [0.25, 0.3) is 0 Å². The monoisotopic (exact) mass is 443 g/mol. The first-order valence-corrected chi connectivity index (χ1v) is 12.0. The number of pyridine rings is 1.